The van der Waals surface area contributed by atoms with Gasteiger partial charge in [0.2, 0.25) is 0 Å². The molecule has 3 aromatic carbocycles. The first-order valence-corrected chi connectivity index (χ1v) is 16.9. The zero-order valence-corrected chi connectivity index (χ0v) is 26.0. The molecule has 4 aliphatic carbocycles. The van der Waals surface area contributed by atoms with Crippen LogP contribution in [0.5, 0.6) is 0 Å². The molecule has 46 heavy (non-hydrogen) atoms. The Balaban J connectivity index is 1.08. The van der Waals surface area contributed by atoms with Crippen molar-refractivity contribution >= 4 is 22.6 Å². The zero-order chi connectivity index (χ0) is 30.6. The van der Waals surface area contributed by atoms with E-state index in [0.29, 0.717) is 17.8 Å². The van der Waals surface area contributed by atoms with Gasteiger partial charge < -0.3 is 9.80 Å². The van der Waals surface area contributed by atoms with Crippen LogP contribution < -0.4 is 9.80 Å². The molecule has 0 aromatic heterocycles. The third kappa shape index (κ3) is 4.39. The van der Waals surface area contributed by atoms with Gasteiger partial charge in [-0.25, -0.2) is 0 Å². The summed E-state index contributed by atoms with van der Waals surface area (Å²) in [5.41, 5.74) is 14.6. The molecule has 6 aliphatic rings. The van der Waals surface area contributed by atoms with E-state index in [9.17, 15) is 5.26 Å². The van der Waals surface area contributed by atoms with E-state index in [1.165, 1.54) is 56.3 Å². The first-order valence-electron chi connectivity index (χ1n) is 16.9. The van der Waals surface area contributed by atoms with Crippen LogP contribution in [-0.2, 0) is 0 Å². The lowest BCUT2D eigenvalue weighted by Crippen LogP contribution is -2.32. The van der Waals surface area contributed by atoms with E-state index < -0.39 is 0 Å². The normalized spacial score (nSPS) is 25.7. The van der Waals surface area contributed by atoms with Gasteiger partial charge >= 0.3 is 0 Å². The van der Waals surface area contributed by atoms with Crippen LogP contribution in [-0.4, -0.2) is 6.04 Å². The summed E-state index contributed by atoms with van der Waals surface area (Å²) in [6.45, 7) is 0. The van der Waals surface area contributed by atoms with Gasteiger partial charge in [0.25, 0.3) is 0 Å². The molecule has 224 valence electrons. The van der Waals surface area contributed by atoms with Crippen LogP contribution in [0.2, 0.25) is 0 Å². The molecule has 0 N–H and O–H groups in total. The van der Waals surface area contributed by atoms with E-state index in [2.05, 4.69) is 143 Å². The molecule has 3 nitrogen and oxygen atoms in total. The van der Waals surface area contributed by atoms with Gasteiger partial charge in [0.15, 0.2) is 0 Å². The van der Waals surface area contributed by atoms with Gasteiger partial charge in [-0.1, -0.05) is 91.1 Å². The smallest absolute Gasteiger partial charge is 0.0943 e. The monoisotopic (exact) mass is 595 g/mol. The Kier molecular flexibility index (Phi) is 6.56. The number of hydrogen-bond acceptors (Lipinski definition) is 3. The van der Waals surface area contributed by atoms with Gasteiger partial charge in [0.1, 0.15) is 0 Å². The fourth-order valence-electron chi connectivity index (χ4n) is 8.73. The minimum Gasteiger partial charge on any atom is -0.337 e. The van der Waals surface area contributed by atoms with Gasteiger partial charge in [0.05, 0.1) is 12.1 Å². The van der Waals surface area contributed by atoms with E-state index in [1.54, 1.807) is 0 Å². The van der Waals surface area contributed by atoms with E-state index in [1.807, 2.05) is 0 Å². The second-order valence-electron chi connectivity index (χ2n) is 13.4. The third-order valence-corrected chi connectivity index (χ3v) is 10.8. The highest BCUT2D eigenvalue weighted by molar-refractivity contribution is 5.82. The van der Waals surface area contributed by atoms with E-state index >= 15 is 0 Å². The summed E-state index contributed by atoms with van der Waals surface area (Å²) in [6, 6.07) is 30.0. The Labute approximate surface area is 272 Å². The van der Waals surface area contributed by atoms with Crippen molar-refractivity contribution < 1.29 is 0 Å². The summed E-state index contributed by atoms with van der Waals surface area (Å²) >= 11 is 0. The molecule has 4 atom stereocenters. The van der Waals surface area contributed by atoms with Crippen LogP contribution >= 0.6 is 0 Å². The Morgan fingerprint density at radius 1 is 0.826 bits per heavy atom. The Morgan fingerprint density at radius 3 is 2.67 bits per heavy atom. The van der Waals surface area contributed by atoms with E-state index in [-0.39, 0.29) is 6.04 Å². The van der Waals surface area contributed by atoms with Gasteiger partial charge in [-0.3, -0.25) is 0 Å². The summed E-state index contributed by atoms with van der Waals surface area (Å²) in [5.74, 6) is 1.09. The third-order valence-electron chi connectivity index (χ3n) is 10.8. The molecular weight excluding hydrogens is 558 g/mol. The number of nitriles is 1. The van der Waals surface area contributed by atoms with Crippen molar-refractivity contribution in [1.29, 1.82) is 5.26 Å². The summed E-state index contributed by atoms with van der Waals surface area (Å²) in [5, 5.41) is 9.54. The van der Waals surface area contributed by atoms with Crippen LogP contribution in [0.25, 0.3) is 5.57 Å². The highest BCUT2D eigenvalue weighted by atomic mass is 15.2. The van der Waals surface area contributed by atoms with Crippen molar-refractivity contribution in [2.75, 3.05) is 9.80 Å². The number of nitrogens with zero attached hydrogens (tertiary/aromatic N) is 3. The van der Waals surface area contributed by atoms with Crippen LogP contribution in [0, 0.1) is 17.2 Å². The lowest BCUT2D eigenvalue weighted by atomic mass is 9.85. The second kappa shape index (κ2) is 11.1. The molecular formula is C43H37N3. The first-order chi connectivity index (χ1) is 22.8. The lowest BCUT2D eigenvalue weighted by Gasteiger charge is -2.32. The predicted molar refractivity (Wildman–Crippen MR) is 189 cm³/mol. The van der Waals surface area contributed by atoms with Crippen LogP contribution in [0.15, 0.2) is 150 Å². The Hall–Kier alpha value is -5.07. The number of fused-ring (bicyclic) bond motifs is 5. The molecule has 4 unspecified atom stereocenters. The maximum atomic E-state index is 9.54. The minimum absolute atomic E-state index is 0.285. The molecule has 0 spiro atoms. The molecule has 0 saturated heterocycles. The number of rotatable bonds is 4. The van der Waals surface area contributed by atoms with Crippen molar-refractivity contribution in [2.45, 2.75) is 56.4 Å². The molecule has 0 bridgehead atoms. The van der Waals surface area contributed by atoms with Crippen LogP contribution in [0.1, 0.15) is 67.1 Å². The molecule has 9 rings (SSSR count). The van der Waals surface area contributed by atoms with Gasteiger partial charge in [0, 0.05) is 51.8 Å². The molecule has 0 radical (unpaired) electrons. The summed E-state index contributed by atoms with van der Waals surface area (Å²) in [6.07, 6.45) is 26.9. The molecule has 2 heterocycles. The van der Waals surface area contributed by atoms with Crippen molar-refractivity contribution in [3.8, 4) is 6.07 Å². The molecule has 0 fully saturated rings. The van der Waals surface area contributed by atoms with Crippen LogP contribution in [0.3, 0.4) is 0 Å². The van der Waals surface area contributed by atoms with Gasteiger partial charge in [-0.05, 0) is 103 Å². The van der Waals surface area contributed by atoms with Gasteiger partial charge in [-0.15, -0.1) is 0 Å². The number of para-hydroxylation sites is 1. The van der Waals surface area contributed by atoms with Gasteiger partial charge in [-0.2, -0.15) is 5.26 Å². The van der Waals surface area contributed by atoms with Crippen LogP contribution in [0.4, 0.5) is 17.1 Å². The molecule has 0 saturated carbocycles. The Morgan fingerprint density at radius 2 is 1.72 bits per heavy atom. The number of hydrogen-bond donors (Lipinski definition) is 0. The summed E-state index contributed by atoms with van der Waals surface area (Å²) < 4.78 is 0. The average Bonchev–Trinajstić information content (AvgIpc) is 3.64. The molecule has 3 heteroatoms. The molecule has 2 aliphatic heterocycles. The highest BCUT2D eigenvalue weighted by Gasteiger charge is 2.40. The average molecular weight is 596 g/mol. The predicted octanol–water partition coefficient (Wildman–Crippen LogP) is 10.5. The molecule has 0 amide bonds. The number of benzene rings is 3. The van der Waals surface area contributed by atoms with Crippen molar-refractivity contribution in [1.82, 2.24) is 0 Å². The van der Waals surface area contributed by atoms with Crippen molar-refractivity contribution in [3.05, 3.63) is 167 Å². The SMILES string of the molecule is N#CC1=CC(c2cccc(N3C4=C(C=C(c5cccc(N6C7=CC=CCC7c7ccccc76)c5)CC4)C4C=CC=CC43)c2)CCC1. The van der Waals surface area contributed by atoms with Crippen molar-refractivity contribution in [3.63, 3.8) is 0 Å². The fraction of sp³-hybridized carbons (Fsp3) is 0.233. The first kappa shape index (κ1) is 27.3. The highest BCUT2D eigenvalue weighted by Crippen LogP contribution is 2.52. The zero-order valence-electron chi connectivity index (χ0n) is 26.0. The maximum Gasteiger partial charge on any atom is 0.0943 e. The number of allylic oxidation sites excluding steroid dienone is 11. The fourth-order valence-corrected chi connectivity index (χ4v) is 8.73. The standard InChI is InChI=1S/C43H37N3/c44-28-29-10-7-11-30(24-29)31-12-8-15-35(25-31)46-42-21-6-3-18-38(42)39-27-33(22-23-43(39)46)32-13-9-14-34(26-32)45-40-19-4-1-16-36(40)37-17-2-5-20-41(37)45/h1-6,8-9,12-16,18-21,24-27,30,37-38,42H,7,10-11,17,22-23H2. The van der Waals surface area contributed by atoms with E-state index in [4.69, 9.17) is 0 Å². The maximum absolute atomic E-state index is 9.54. The number of anilines is 3. The minimum atomic E-state index is 0.285. The summed E-state index contributed by atoms with van der Waals surface area (Å²) in [7, 11) is 0. The Bertz CT molecular complexity index is 2010. The topological polar surface area (TPSA) is 30.3 Å². The summed E-state index contributed by atoms with van der Waals surface area (Å²) in [4.78, 5) is 5.09. The second-order valence-corrected chi connectivity index (χ2v) is 13.4. The quantitative estimate of drug-likeness (QED) is 0.301. The van der Waals surface area contributed by atoms with E-state index in [0.717, 1.165) is 44.1 Å². The lowest BCUT2D eigenvalue weighted by molar-refractivity contribution is 0.641. The van der Waals surface area contributed by atoms with Crippen molar-refractivity contribution in [2.24, 2.45) is 5.92 Å². The molecule has 3 aromatic rings. The largest absolute Gasteiger partial charge is 0.337 e.